The summed E-state index contributed by atoms with van der Waals surface area (Å²) in [6.07, 6.45) is 4.34. The van der Waals surface area contributed by atoms with Crippen molar-refractivity contribution in [1.29, 1.82) is 0 Å². The van der Waals surface area contributed by atoms with Gasteiger partial charge in [-0.1, -0.05) is 24.3 Å². The summed E-state index contributed by atoms with van der Waals surface area (Å²) in [7, 11) is 0. The molecule has 1 aromatic carbocycles. The number of fused-ring (bicyclic) bond motifs is 1. The number of aliphatic hydroxyl groups is 1. The number of rotatable bonds is 4. The number of benzene rings is 1. The van der Waals surface area contributed by atoms with Gasteiger partial charge in [-0.2, -0.15) is 0 Å². The molecule has 1 aromatic heterocycles. The summed E-state index contributed by atoms with van der Waals surface area (Å²) in [6, 6.07) is 8.17. The normalized spacial score (nSPS) is 19.1. The predicted molar refractivity (Wildman–Crippen MR) is 84.5 cm³/mol. The first kappa shape index (κ1) is 14.3. The number of piperidine rings is 1. The maximum atomic E-state index is 9.48. The van der Waals surface area contributed by atoms with Crippen LogP contribution >= 0.6 is 0 Å². The molecule has 2 heterocycles. The lowest BCUT2D eigenvalue weighted by Gasteiger charge is -2.34. The smallest absolute Gasteiger partial charge is 0.136 e. The van der Waals surface area contributed by atoms with E-state index >= 15 is 0 Å². The molecule has 4 heteroatoms. The highest BCUT2D eigenvalue weighted by Gasteiger charge is 2.22. The van der Waals surface area contributed by atoms with Gasteiger partial charge >= 0.3 is 0 Å². The Morgan fingerprint density at radius 1 is 1.33 bits per heavy atom. The van der Waals surface area contributed by atoms with E-state index in [9.17, 15) is 5.11 Å². The Kier molecular flexibility index (Phi) is 4.36. The lowest BCUT2D eigenvalue weighted by atomic mass is 10.0. The van der Waals surface area contributed by atoms with Crippen molar-refractivity contribution in [2.24, 2.45) is 0 Å². The molecule has 0 aliphatic carbocycles. The number of nitrogens with zero attached hydrogens (tertiary/aromatic N) is 2. The number of anilines is 1. The molecule has 21 heavy (non-hydrogen) atoms. The molecule has 1 fully saturated rings. The Morgan fingerprint density at radius 3 is 2.90 bits per heavy atom. The first-order valence-corrected chi connectivity index (χ1v) is 7.67. The summed E-state index contributed by atoms with van der Waals surface area (Å²) in [5.41, 5.74) is 0.882. The van der Waals surface area contributed by atoms with Crippen molar-refractivity contribution in [2.75, 3.05) is 24.6 Å². The quantitative estimate of drug-likeness (QED) is 0.938. The van der Waals surface area contributed by atoms with Crippen molar-refractivity contribution in [3.8, 4) is 0 Å². The van der Waals surface area contributed by atoms with Gasteiger partial charge in [0.05, 0.1) is 12.7 Å². The van der Waals surface area contributed by atoms with Crippen molar-refractivity contribution in [1.82, 2.24) is 4.98 Å². The van der Waals surface area contributed by atoms with Crippen LogP contribution in [0.3, 0.4) is 0 Å². The van der Waals surface area contributed by atoms with E-state index in [1.165, 1.54) is 0 Å². The largest absolute Gasteiger partial charge is 0.392 e. The molecule has 0 saturated carbocycles. The third-order valence-electron chi connectivity index (χ3n) is 4.11. The fourth-order valence-corrected chi connectivity index (χ4v) is 3.12. The van der Waals surface area contributed by atoms with Gasteiger partial charge in [0, 0.05) is 36.8 Å². The van der Waals surface area contributed by atoms with Gasteiger partial charge in [0.25, 0.3) is 0 Å². The SMILES string of the molecule is CCOC1CCCN(c2ncc(CO)c3ccccc23)C1. The van der Waals surface area contributed by atoms with Crippen molar-refractivity contribution in [3.05, 3.63) is 36.0 Å². The highest BCUT2D eigenvalue weighted by Crippen LogP contribution is 2.29. The van der Waals surface area contributed by atoms with Crippen LogP contribution in [0.1, 0.15) is 25.3 Å². The van der Waals surface area contributed by atoms with E-state index in [4.69, 9.17) is 4.74 Å². The van der Waals surface area contributed by atoms with Gasteiger partial charge in [-0.25, -0.2) is 4.98 Å². The van der Waals surface area contributed by atoms with Crippen LogP contribution in [0, 0.1) is 0 Å². The lowest BCUT2D eigenvalue weighted by molar-refractivity contribution is 0.0526. The van der Waals surface area contributed by atoms with Crippen LogP contribution in [0.25, 0.3) is 10.8 Å². The molecule has 1 aliphatic heterocycles. The number of hydrogen-bond acceptors (Lipinski definition) is 4. The van der Waals surface area contributed by atoms with E-state index in [0.29, 0.717) is 6.10 Å². The van der Waals surface area contributed by atoms with Crippen LogP contribution in [0.4, 0.5) is 5.82 Å². The first-order chi connectivity index (χ1) is 10.3. The zero-order valence-corrected chi connectivity index (χ0v) is 12.5. The molecular formula is C17H22N2O2. The van der Waals surface area contributed by atoms with Crippen LogP contribution in [-0.2, 0) is 11.3 Å². The van der Waals surface area contributed by atoms with Gasteiger partial charge in [-0.15, -0.1) is 0 Å². The van der Waals surface area contributed by atoms with Crippen molar-refractivity contribution in [3.63, 3.8) is 0 Å². The topological polar surface area (TPSA) is 45.6 Å². The molecular weight excluding hydrogens is 264 g/mol. The minimum Gasteiger partial charge on any atom is -0.392 e. The highest BCUT2D eigenvalue weighted by atomic mass is 16.5. The fourth-order valence-electron chi connectivity index (χ4n) is 3.12. The first-order valence-electron chi connectivity index (χ1n) is 7.67. The van der Waals surface area contributed by atoms with E-state index in [2.05, 4.69) is 22.0 Å². The van der Waals surface area contributed by atoms with E-state index in [0.717, 1.165) is 54.7 Å². The monoisotopic (exact) mass is 286 g/mol. The van der Waals surface area contributed by atoms with Crippen molar-refractivity contribution < 1.29 is 9.84 Å². The molecule has 1 N–H and O–H groups in total. The fraction of sp³-hybridized carbons (Fsp3) is 0.471. The van der Waals surface area contributed by atoms with E-state index in [-0.39, 0.29) is 6.61 Å². The Hall–Kier alpha value is -1.65. The second kappa shape index (κ2) is 6.41. The molecule has 4 nitrogen and oxygen atoms in total. The number of ether oxygens (including phenoxy) is 1. The third kappa shape index (κ3) is 2.87. The summed E-state index contributed by atoms with van der Waals surface area (Å²) < 4.78 is 5.78. The number of aliphatic hydroxyl groups excluding tert-OH is 1. The Balaban J connectivity index is 1.97. The molecule has 112 valence electrons. The average Bonchev–Trinajstić information content (AvgIpc) is 2.54. The molecule has 2 aromatic rings. The van der Waals surface area contributed by atoms with Crippen molar-refractivity contribution in [2.45, 2.75) is 32.5 Å². The second-order valence-electron chi connectivity index (χ2n) is 5.48. The zero-order valence-electron chi connectivity index (χ0n) is 12.5. The number of aromatic nitrogens is 1. The van der Waals surface area contributed by atoms with Crippen LogP contribution in [-0.4, -0.2) is 35.9 Å². The Labute approximate surface area is 125 Å². The maximum absolute atomic E-state index is 9.48. The van der Waals surface area contributed by atoms with Crippen molar-refractivity contribution >= 4 is 16.6 Å². The van der Waals surface area contributed by atoms with Crippen LogP contribution < -0.4 is 4.90 Å². The van der Waals surface area contributed by atoms with Gasteiger partial charge in [-0.3, -0.25) is 0 Å². The summed E-state index contributed by atoms with van der Waals surface area (Å²) in [5, 5.41) is 11.7. The second-order valence-corrected chi connectivity index (χ2v) is 5.48. The molecule has 0 spiro atoms. The molecule has 1 unspecified atom stereocenters. The van der Waals surface area contributed by atoms with Gasteiger partial charge in [0.1, 0.15) is 5.82 Å². The summed E-state index contributed by atoms with van der Waals surface area (Å²) in [4.78, 5) is 6.92. The zero-order chi connectivity index (χ0) is 14.7. The van der Waals surface area contributed by atoms with Gasteiger partial charge in [0.15, 0.2) is 0 Å². The molecule has 0 amide bonds. The molecule has 1 saturated heterocycles. The minimum atomic E-state index is 0.0232. The van der Waals surface area contributed by atoms with Crippen LogP contribution in [0.2, 0.25) is 0 Å². The molecule has 0 bridgehead atoms. The summed E-state index contributed by atoms with van der Waals surface area (Å²) in [5.74, 6) is 1.01. The summed E-state index contributed by atoms with van der Waals surface area (Å²) in [6.45, 7) is 4.73. The number of pyridine rings is 1. The molecule has 1 atom stereocenters. The predicted octanol–water partition coefficient (Wildman–Crippen LogP) is 2.73. The van der Waals surface area contributed by atoms with Crippen LogP contribution in [0.5, 0.6) is 0 Å². The molecule has 3 rings (SSSR count). The molecule has 0 radical (unpaired) electrons. The Morgan fingerprint density at radius 2 is 2.14 bits per heavy atom. The van der Waals surface area contributed by atoms with E-state index in [1.807, 2.05) is 19.1 Å². The maximum Gasteiger partial charge on any atom is 0.136 e. The Bertz CT molecular complexity index is 613. The highest BCUT2D eigenvalue weighted by molar-refractivity contribution is 5.94. The van der Waals surface area contributed by atoms with Gasteiger partial charge in [0.2, 0.25) is 0 Å². The molecule has 1 aliphatic rings. The average molecular weight is 286 g/mol. The third-order valence-corrected chi connectivity index (χ3v) is 4.11. The van der Waals surface area contributed by atoms with Gasteiger partial charge in [-0.05, 0) is 25.2 Å². The summed E-state index contributed by atoms with van der Waals surface area (Å²) >= 11 is 0. The van der Waals surface area contributed by atoms with E-state index < -0.39 is 0 Å². The minimum absolute atomic E-state index is 0.0232. The lowest BCUT2D eigenvalue weighted by Crippen LogP contribution is -2.40. The standard InChI is InChI=1S/C17H22N2O2/c1-2-21-14-6-5-9-19(11-14)17-16-8-4-3-7-15(16)13(12-20)10-18-17/h3-4,7-8,10,14,20H,2,5-6,9,11-12H2,1H3. The number of hydrogen-bond donors (Lipinski definition) is 1. The van der Waals surface area contributed by atoms with E-state index in [1.54, 1.807) is 6.20 Å². The van der Waals surface area contributed by atoms with Crippen LogP contribution in [0.15, 0.2) is 30.5 Å². The van der Waals surface area contributed by atoms with Gasteiger partial charge < -0.3 is 14.7 Å².